The highest BCUT2D eigenvalue weighted by Crippen LogP contribution is 2.31. The quantitative estimate of drug-likeness (QED) is 0.498. The van der Waals surface area contributed by atoms with Gasteiger partial charge in [-0.15, -0.1) is 9.09 Å². The summed E-state index contributed by atoms with van der Waals surface area (Å²) in [6.07, 6.45) is 4.33. The van der Waals surface area contributed by atoms with Gasteiger partial charge in [-0.25, -0.2) is 13.2 Å². The highest BCUT2D eigenvalue weighted by Gasteiger charge is 2.29. The molecule has 0 unspecified atom stereocenters. The summed E-state index contributed by atoms with van der Waals surface area (Å²) in [5.41, 5.74) is 0.755. The third-order valence-electron chi connectivity index (χ3n) is 5.47. The monoisotopic (exact) mass is 475 g/mol. The molecule has 0 fully saturated rings. The second kappa shape index (κ2) is 9.34. The van der Waals surface area contributed by atoms with Gasteiger partial charge in [0.2, 0.25) is 0 Å². The van der Waals surface area contributed by atoms with E-state index in [4.69, 9.17) is 0 Å². The fourth-order valence-electron chi connectivity index (χ4n) is 3.84. The van der Waals surface area contributed by atoms with Crippen molar-refractivity contribution < 1.29 is 13.2 Å². The molecule has 1 amide bonds. The summed E-state index contributed by atoms with van der Waals surface area (Å²) in [6.45, 7) is 5.92. The van der Waals surface area contributed by atoms with E-state index in [1.165, 1.54) is 0 Å². The van der Waals surface area contributed by atoms with Gasteiger partial charge in [-0.1, -0.05) is 33.6 Å². The zero-order valence-corrected chi connectivity index (χ0v) is 20.3. The average molecular weight is 476 g/mol. The first-order valence-corrected chi connectivity index (χ1v) is 12.7. The van der Waals surface area contributed by atoms with Crippen LogP contribution in [0.5, 0.6) is 0 Å². The predicted molar refractivity (Wildman–Crippen MR) is 127 cm³/mol. The molecule has 11 heteroatoms. The zero-order valence-electron chi connectivity index (χ0n) is 19.5. The Kier molecular flexibility index (Phi) is 6.92. The molecule has 0 atom stereocenters. The van der Waals surface area contributed by atoms with Crippen LogP contribution in [0, 0.1) is 0 Å². The van der Waals surface area contributed by atoms with Crippen molar-refractivity contribution in [3.8, 4) is 11.3 Å². The third-order valence-corrected chi connectivity index (χ3v) is 6.46. The summed E-state index contributed by atoms with van der Waals surface area (Å²) in [7, 11) is -2.46. The normalized spacial score (nSPS) is 11.9. The SMILES string of the molecule is CCCCCC(=O)N(n1c(=O)[nH]c2cc(C(C)C)c(-c3ccnn3C)cc2c1=O)S(C)(=O)=O. The lowest BCUT2D eigenvalue weighted by molar-refractivity contribution is -0.118. The lowest BCUT2D eigenvalue weighted by Gasteiger charge is -2.22. The van der Waals surface area contributed by atoms with Crippen LogP contribution in [0.3, 0.4) is 0 Å². The number of nitrogens with zero attached hydrogens (tertiary/aromatic N) is 4. The minimum atomic E-state index is -4.24. The van der Waals surface area contributed by atoms with E-state index in [0.29, 0.717) is 11.1 Å². The molecule has 1 N–H and O–H groups in total. The molecular formula is C22H29N5O5S. The highest BCUT2D eigenvalue weighted by molar-refractivity contribution is 7.92. The first kappa shape index (κ1) is 24.4. The number of rotatable bonds is 8. The molecular weight excluding hydrogens is 446 g/mol. The molecule has 0 saturated heterocycles. The number of aromatic nitrogens is 4. The van der Waals surface area contributed by atoms with Gasteiger partial charge >= 0.3 is 5.69 Å². The van der Waals surface area contributed by atoms with Crippen LogP contribution in [0.2, 0.25) is 0 Å². The maximum atomic E-state index is 13.4. The Morgan fingerprint density at radius 3 is 2.45 bits per heavy atom. The van der Waals surface area contributed by atoms with Gasteiger partial charge in [-0.05, 0) is 36.1 Å². The van der Waals surface area contributed by atoms with Crippen LogP contribution in [0.25, 0.3) is 22.2 Å². The van der Waals surface area contributed by atoms with Crippen LogP contribution in [0.15, 0.2) is 34.0 Å². The minimum absolute atomic E-state index is 0.0675. The molecule has 0 spiro atoms. The van der Waals surface area contributed by atoms with Crippen molar-refractivity contribution in [3.05, 3.63) is 50.8 Å². The summed E-state index contributed by atoms with van der Waals surface area (Å²) in [5.74, 6) is -0.763. The Balaban J connectivity index is 2.31. The predicted octanol–water partition coefficient (Wildman–Crippen LogP) is 2.22. The average Bonchev–Trinajstić information content (AvgIpc) is 3.15. The Bertz CT molecular complexity index is 1420. The van der Waals surface area contributed by atoms with E-state index in [1.807, 2.05) is 20.8 Å². The number of carbonyl (C=O) groups is 1. The van der Waals surface area contributed by atoms with E-state index in [9.17, 15) is 22.8 Å². The van der Waals surface area contributed by atoms with Crippen molar-refractivity contribution in [2.45, 2.75) is 52.4 Å². The summed E-state index contributed by atoms with van der Waals surface area (Å²) in [6, 6.07) is 5.12. The van der Waals surface area contributed by atoms with E-state index >= 15 is 0 Å². The molecule has 0 aliphatic rings. The minimum Gasteiger partial charge on any atom is -0.305 e. The Labute approximate surface area is 191 Å². The second-order valence-electron chi connectivity index (χ2n) is 8.38. The fourth-order valence-corrected chi connectivity index (χ4v) is 4.75. The largest absolute Gasteiger partial charge is 0.349 e. The number of aryl methyl sites for hydroxylation is 1. The van der Waals surface area contributed by atoms with Crippen molar-refractivity contribution in [1.82, 2.24) is 19.4 Å². The molecule has 0 radical (unpaired) electrons. The Morgan fingerprint density at radius 1 is 1.21 bits per heavy atom. The smallest absolute Gasteiger partial charge is 0.305 e. The number of nitrogens with one attached hydrogen (secondary N) is 1. The van der Waals surface area contributed by atoms with E-state index in [0.717, 1.165) is 35.9 Å². The maximum absolute atomic E-state index is 13.4. The molecule has 3 rings (SSSR count). The lowest BCUT2D eigenvalue weighted by atomic mass is 9.93. The van der Waals surface area contributed by atoms with Crippen LogP contribution >= 0.6 is 0 Å². The zero-order chi connectivity index (χ0) is 24.5. The molecule has 178 valence electrons. The Hall–Kier alpha value is -3.21. The standard InChI is InChI=1S/C22H29N5O5S/c1-6-7-8-9-20(28)27(33(5,31)32)26-21(29)17-12-16(19-10-11-23-25(19)4)15(14(2)3)13-18(17)24-22(26)30/h10-14H,6-9H2,1-5H3,(H,24,30). The van der Waals surface area contributed by atoms with Gasteiger partial charge in [-0.2, -0.15) is 5.10 Å². The molecule has 0 saturated carbocycles. The fraction of sp³-hybridized carbons (Fsp3) is 0.455. The van der Waals surface area contributed by atoms with E-state index in [-0.39, 0.29) is 27.7 Å². The van der Waals surface area contributed by atoms with E-state index < -0.39 is 27.2 Å². The number of aromatic amines is 1. The van der Waals surface area contributed by atoms with Gasteiger partial charge in [0.05, 0.1) is 22.9 Å². The van der Waals surface area contributed by atoms with Gasteiger partial charge in [0.25, 0.3) is 21.5 Å². The molecule has 2 aromatic heterocycles. The van der Waals surface area contributed by atoms with E-state index in [1.54, 1.807) is 36.1 Å². The molecule has 10 nitrogen and oxygen atoms in total. The molecule has 0 aliphatic heterocycles. The summed E-state index contributed by atoms with van der Waals surface area (Å²) in [5, 5.41) is 4.28. The number of fused-ring (bicyclic) bond motifs is 1. The Morgan fingerprint density at radius 2 is 1.91 bits per heavy atom. The van der Waals surface area contributed by atoms with Crippen LogP contribution in [-0.2, 0) is 21.9 Å². The van der Waals surface area contributed by atoms with Crippen LogP contribution < -0.4 is 15.7 Å². The number of unbranched alkanes of at least 4 members (excludes halogenated alkanes) is 2. The van der Waals surface area contributed by atoms with Crippen molar-refractivity contribution >= 4 is 26.8 Å². The lowest BCUT2D eigenvalue weighted by Crippen LogP contribution is -2.55. The third kappa shape index (κ3) is 4.77. The van der Waals surface area contributed by atoms with Crippen LogP contribution in [0.1, 0.15) is 57.9 Å². The number of sulfonamides is 1. The van der Waals surface area contributed by atoms with Gasteiger partial charge in [-0.3, -0.25) is 14.3 Å². The number of benzene rings is 1. The van der Waals surface area contributed by atoms with Gasteiger partial charge < -0.3 is 4.98 Å². The van der Waals surface area contributed by atoms with Gasteiger partial charge in [0.1, 0.15) is 0 Å². The molecule has 1 aromatic carbocycles. The summed E-state index contributed by atoms with van der Waals surface area (Å²) >= 11 is 0. The van der Waals surface area contributed by atoms with Crippen molar-refractivity contribution in [3.63, 3.8) is 0 Å². The number of carbonyl (C=O) groups excluding carboxylic acids is 1. The van der Waals surface area contributed by atoms with Crippen molar-refractivity contribution in [2.75, 3.05) is 10.7 Å². The van der Waals surface area contributed by atoms with Crippen molar-refractivity contribution in [1.29, 1.82) is 0 Å². The van der Waals surface area contributed by atoms with Gasteiger partial charge in [0, 0.05) is 25.2 Å². The maximum Gasteiger partial charge on any atom is 0.349 e. The van der Waals surface area contributed by atoms with Crippen LogP contribution in [0.4, 0.5) is 0 Å². The summed E-state index contributed by atoms with van der Waals surface area (Å²) < 4.78 is 27.3. The van der Waals surface area contributed by atoms with Crippen molar-refractivity contribution in [2.24, 2.45) is 7.05 Å². The number of amides is 1. The van der Waals surface area contributed by atoms with Crippen LogP contribution in [-0.4, -0.2) is 40.0 Å². The summed E-state index contributed by atoms with van der Waals surface area (Å²) in [4.78, 5) is 41.6. The van der Waals surface area contributed by atoms with Gasteiger partial charge in [0.15, 0.2) is 0 Å². The molecule has 2 heterocycles. The highest BCUT2D eigenvalue weighted by atomic mass is 32.2. The number of H-pyrrole nitrogens is 1. The first-order chi connectivity index (χ1) is 15.5. The number of hydrogen-bond acceptors (Lipinski definition) is 6. The first-order valence-electron chi connectivity index (χ1n) is 10.8. The number of hydrogen-bond donors (Lipinski definition) is 1. The molecule has 33 heavy (non-hydrogen) atoms. The second-order valence-corrected chi connectivity index (χ2v) is 10.2. The van der Waals surface area contributed by atoms with E-state index in [2.05, 4.69) is 10.1 Å². The molecule has 0 aliphatic carbocycles. The molecule has 0 bridgehead atoms. The topological polar surface area (TPSA) is 127 Å². The molecule has 3 aromatic rings.